The number of hydrogen-bond acceptors (Lipinski definition) is 6. The molecule has 4 aromatic rings. The Morgan fingerprint density at radius 2 is 1.86 bits per heavy atom. The molecule has 0 atom stereocenters. The van der Waals surface area contributed by atoms with Crippen molar-refractivity contribution in [2.24, 2.45) is 0 Å². The monoisotopic (exact) mass is 537 g/mol. The van der Waals surface area contributed by atoms with Crippen molar-refractivity contribution < 1.29 is 14.1 Å². The van der Waals surface area contributed by atoms with Gasteiger partial charge in [0.1, 0.15) is 5.82 Å². The molecule has 0 radical (unpaired) electrons. The third-order valence-corrected chi connectivity index (χ3v) is 6.58. The van der Waals surface area contributed by atoms with Gasteiger partial charge in [0.05, 0.1) is 17.2 Å². The van der Waals surface area contributed by atoms with Crippen LogP contribution in [0.4, 0.5) is 10.1 Å². The molecule has 8 nitrogen and oxygen atoms in total. The van der Waals surface area contributed by atoms with Crippen LogP contribution in [0, 0.1) is 22.9 Å². The number of carbonyl (C=O) groups is 1. The molecule has 0 aliphatic heterocycles. The summed E-state index contributed by atoms with van der Waals surface area (Å²) in [6.45, 7) is 2.04. The molecule has 188 valence electrons. The second-order valence-electron chi connectivity index (χ2n) is 7.98. The molecule has 37 heavy (non-hydrogen) atoms. The van der Waals surface area contributed by atoms with E-state index in [4.69, 9.17) is 11.6 Å². The van der Waals surface area contributed by atoms with Crippen molar-refractivity contribution in [3.63, 3.8) is 0 Å². The van der Waals surface area contributed by atoms with Crippen molar-refractivity contribution in [2.75, 3.05) is 0 Å². The van der Waals surface area contributed by atoms with E-state index in [2.05, 4.69) is 15.5 Å². The normalized spacial score (nSPS) is 11.1. The van der Waals surface area contributed by atoms with Crippen LogP contribution in [0.25, 0.3) is 11.8 Å². The maximum atomic E-state index is 13.3. The van der Waals surface area contributed by atoms with Crippen molar-refractivity contribution in [3.8, 4) is 5.69 Å². The Labute approximate surface area is 221 Å². The maximum Gasteiger partial charge on any atom is 0.269 e. The number of halogens is 2. The Morgan fingerprint density at radius 1 is 1.14 bits per heavy atom. The van der Waals surface area contributed by atoms with E-state index >= 15 is 0 Å². The Kier molecular flexibility index (Phi) is 8.32. The average molecular weight is 538 g/mol. The number of rotatable bonds is 9. The van der Waals surface area contributed by atoms with Gasteiger partial charge in [0.15, 0.2) is 11.0 Å². The van der Waals surface area contributed by atoms with E-state index in [0.717, 1.165) is 16.8 Å². The topological polar surface area (TPSA) is 103 Å². The van der Waals surface area contributed by atoms with E-state index < -0.39 is 4.92 Å². The predicted octanol–water partition coefficient (Wildman–Crippen LogP) is 5.90. The molecule has 3 aromatic carbocycles. The summed E-state index contributed by atoms with van der Waals surface area (Å²) >= 11 is 7.70. The van der Waals surface area contributed by atoms with Gasteiger partial charge in [0, 0.05) is 29.0 Å². The summed E-state index contributed by atoms with van der Waals surface area (Å²) in [6, 6.07) is 17.6. The van der Waals surface area contributed by atoms with Gasteiger partial charge in [-0.05, 0) is 66.1 Å². The minimum Gasteiger partial charge on any atom is -0.345 e. The van der Waals surface area contributed by atoms with Gasteiger partial charge in [0.2, 0.25) is 5.91 Å². The number of benzene rings is 3. The van der Waals surface area contributed by atoms with E-state index in [1.807, 2.05) is 23.6 Å². The number of carbonyl (C=O) groups excluding carboxylic acids is 1. The number of amides is 1. The van der Waals surface area contributed by atoms with Crippen LogP contribution >= 0.6 is 23.4 Å². The second-order valence-corrected chi connectivity index (χ2v) is 9.36. The van der Waals surface area contributed by atoms with Crippen LogP contribution in [0.5, 0.6) is 0 Å². The number of non-ortho nitro benzene ring substituents is 1. The molecule has 0 spiro atoms. The predicted molar refractivity (Wildman–Crippen MR) is 141 cm³/mol. The lowest BCUT2D eigenvalue weighted by atomic mass is 10.2. The van der Waals surface area contributed by atoms with Gasteiger partial charge in [-0.1, -0.05) is 41.6 Å². The van der Waals surface area contributed by atoms with Crippen molar-refractivity contribution >= 4 is 41.0 Å². The van der Waals surface area contributed by atoms with Crippen molar-refractivity contribution in [3.05, 3.63) is 116 Å². The highest BCUT2D eigenvalue weighted by Gasteiger charge is 2.17. The van der Waals surface area contributed by atoms with Crippen molar-refractivity contribution in [1.82, 2.24) is 20.1 Å². The largest absolute Gasteiger partial charge is 0.345 e. The number of hydrogen-bond donors (Lipinski definition) is 1. The number of aromatic nitrogens is 3. The van der Waals surface area contributed by atoms with E-state index in [9.17, 15) is 19.3 Å². The van der Waals surface area contributed by atoms with Crippen LogP contribution in [0.1, 0.15) is 22.5 Å². The van der Waals surface area contributed by atoms with Crippen LogP contribution in [0.3, 0.4) is 0 Å². The number of thioether (sulfide) groups is 1. The van der Waals surface area contributed by atoms with Crippen molar-refractivity contribution in [1.29, 1.82) is 0 Å². The fraction of sp³-hybridized carbons (Fsp3) is 0.115. The van der Waals surface area contributed by atoms with Gasteiger partial charge < -0.3 is 5.32 Å². The zero-order valence-corrected chi connectivity index (χ0v) is 21.2. The summed E-state index contributed by atoms with van der Waals surface area (Å²) in [7, 11) is 0. The smallest absolute Gasteiger partial charge is 0.269 e. The lowest BCUT2D eigenvalue weighted by Gasteiger charge is -2.13. The van der Waals surface area contributed by atoms with Gasteiger partial charge in [-0.15, -0.1) is 10.2 Å². The summed E-state index contributed by atoms with van der Waals surface area (Å²) in [5.74, 6) is 0.384. The molecule has 0 bridgehead atoms. The van der Waals surface area contributed by atoms with Gasteiger partial charge in [-0.25, -0.2) is 4.39 Å². The van der Waals surface area contributed by atoms with Gasteiger partial charge in [-0.3, -0.25) is 19.5 Å². The summed E-state index contributed by atoms with van der Waals surface area (Å²) < 4.78 is 15.1. The van der Waals surface area contributed by atoms with E-state index in [1.54, 1.807) is 36.4 Å². The first kappa shape index (κ1) is 26.1. The molecule has 1 aromatic heterocycles. The molecular formula is C26H21ClFN5O3S. The Morgan fingerprint density at radius 3 is 2.57 bits per heavy atom. The third-order valence-electron chi connectivity index (χ3n) is 5.35. The van der Waals surface area contributed by atoms with Gasteiger partial charge >= 0.3 is 0 Å². The van der Waals surface area contributed by atoms with E-state index in [0.29, 0.717) is 27.3 Å². The average Bonchev–Trinajstić information content (AvgIpc) is 3.30. The van der Waals surface area contributed by atoms with Crippen LogP contribution in [0.2, 0.25) is 5.02 Å². The third kappa shape index (κ3) is 6.81. The fourth-order valence-electron chi connectivity index (χ4n) is 3.41. The minimum atomic E-state index is -0.482. The molecule has 0 unspecified atom stereocenters. The zero-order valence-electron chi connectivity index (χ0n) is 19.6. The summed E-state index contributed by atoms with van der Waals surface area (Å²) in [5.41, 5.74) is 3.28. The fourth-order valence-corrected chi connectivity index (χ4v) is 4.49. The summed E-state index contributed by atoms with van der Waals surface area (Å²) in [5, 5.41) is 23.3. The van der Waals surface area contributed by atoms with Crippen LogP contribution in [0.15, 0.2) is 78.0 Å². The molecule has 1 heterocycles. The zero-order chi connectivity index (χ0) is 26.4. The SMILES string of the molecule is Cc1ccc(Cl)cc1-n1c(CNC(=O)/C=C/c2ccc([N+](=O)[O-])cc2)nnc1SCc1ccc(F)cc1. The van der Waals surface area contributed by atoms with Gasteiger partial charge in [0.25, 0.3) is 5.69 Å². The number of nitrogens with zero attached hydrogens (tertiary/aromatic N) is 4. The molecule has 1 amide bonds. The Hall–Kier alpha value is -4.02. The van der Waals surface area contributed by atoms with E-state index in [1.165, 1.54) is 42.1 Å². The first-order valence-corrected chi connectivity index (χ1v) is 12.4. The van der Waals surface area contributed by atoms with Gasteiger partial charge in [-0.2, -0.15) is 0 Å². The number of aryl methyl sites for hydroxylation is 1. The second kappa shape index (κ2) is 11.8. The molecule has 1 N–H and O–H groups in total. The lowest BCUT2D eigenvalue weighted by Crippen LogP contribution is -2.22. The standard InChI is InChI=1S/C26H21ClFN5O3S/c1-17-2-8-20(27)14-23(17)32-24(30-31-26(32)37-16-19-3-9-21(28)10-4-19)15-29-25(34)13-7-18-5-11-22(12-6-18)33(35)36/h2-14H,15-16H2,1H3,(H,29,34)/b13-7+. The first-order valence-electron chi connectivity index (χ1n) is 11.1. The quantitative estimate of drug-likeness (QED) is 0.123. The maximum absolute atomic E-state index is 13.3. The molecule has 0 aliphatic carbocycles. The molecule has 0 fully saturated rings. The summed E-state index contributed by atoms with van der Waals surface area (Å²) in [6.07, 6.45) is 2.91. The van der Waals surface area contributed by atoms with E-state index in [-0.39, 0.29) is 24.0 Å². The number of nitro groups is 1. The first-order chi connectivity index (χ1) is 17.8. The molecular weight excluding hydrogens is 517 g/mol. The summed E-state index contributed by atoms with van der Waals surface area (Å²) in [4.78, 5) is 22.8. The highest BCUT2D eigenvalue weighted by Crippen LogP contribution is 2.28. The van der Waals surface area contributed by atoms with Crippen LogP contribution in [-0.2, 0) is 17.1 Å². The molecule has 4 rings (SSSR count). The van der Waals surface area contributed by atoms with Crippen molar-refractivity contribution in [2.45, 2.75) is 24.4 Å². The van der Waals surface area contributed by atoms with Crippen LogP contribution in [-0.4, -0.2) is 25.6 Å². The molecule has 0 saturated heterocycles. The Bertz CT molecular complexity index is 1460. The number of nitro benzene ring substituents is 1. The molecule has 0 saturated carbocycles. The highest BCUT2D eigenvalue weighted by molar-refractivity contribution is 7.98. The highest BCUT2D eigenvalue weighted by atomic mass is 35.5. The minimum absolute atomic E-state index is 0.0228. The van der Waals surface area contributed by atoms with Crippen LogP contribution < -0.4 is 5.32 Å². The molecule has 0 aliphatic rings. The Balaban J connectivity index is 1.51. The molecule has 11 heteroatoms. The number of nitrogens with one attached hydrogen (secondary N) is 1. The lowest BCUT2D eigenvalue weighted by molar-refractivity contribution is -0.384.